The van der Waals surface area contributed by atoms with Crippen LogP contribution < -0.4 is 0 Å². The zero-order valence-electron chi connectivity index (χ0n) is 10.2. The molecule has 1 aromatic rings. The molecule has 1 aliphatic rings. The summed E-state index contributed by atoms with van der Waals surface area (Å²) in [4.78, 5) is 11.9. The first kappa shape index (κ1) is 13.5. The SMILES string of the molecule is CN(C)S(=O)(=O)c1cc(C(=O)C2CC2)ccc1Cl. The number of nitrogens with zero attached hydrogens (tertiary/aromatic N) is 1. The molecule has 1 saturated carbocycles. The number of hydrogen-bond acceptors (Lipinski definition) is 3. The fourth-order valence-corrected chi connectivity index (χ4v) is 3.03. The van der Waals surface area contributed by atoms with Crippen molar-refractivity contribution in [1.29, 1.82) is 0 Å². The number of sulfonamides is 1. The van der Waals surface area contributed by atoms with Crippen LogP contribution in [0.5, 0.6) is 0 Å². The van der Waals surface area contributed by atoms with Crippen molar-refractivity contribution in [3.63, 3.8) is 0 Å². The molecule has 1 fully saturated rings. The fourth-order valence-electron chi connectivity index (χ4n) is 1.63. The Labute approximate surface area is 112 Å². The van der Waals surface area contributed by atoms with Gasteiger partial charge in [0, 0.05) is 25.6 Å². The largest absolute Gasteiger partial charge is 0.294 e. The Morgan fingerprint density at radius 1 is 1.33 bits per heavy atom. The van der Waals surface area contributed by atoms with Gasteiger partial charge in [-0.3, -0.25) is 4.79 Å². The molecule has 18 heavy (non-hydrogen) atoms. The van der Waals surface area contributed by atoms with Gasteiger partial charge < -0.3 is 0 Å². The third-order valence-electron chi connectivity index (χ3n) is 2.92. The Kier molecular flexibility index (Phi) is 3.49. The van der Waals surface area contributed by atoms with Crippen molar-refractivity contribution >= 4 is 27.4 Å². The molecular formula is C12H14ClNO3S. The van der Waals surface area contributed by atoms with E-state index < -0.39 is 10.0 Å². The first-order chi connectivity index (χ1) is 8.34. The van der Waals surface area contributed by atoms with E-state index in [-0.39, 0.29) is 21.6 Å². The molecule has 0 aromatic heterocycles. The summed E-state index contributed by atoms with van der Waals surface area (Å²) in [6.45, 7) is 0. The molecule has 6 heteroatoms. The van der Waals surface area contributed by atoms with Gasteiger partial charge in [-0.1, -0.05) is 11.6 Å². The lowest BCUT2D eigenvalue weighted by atomic mass is 10.1. The van der Waals surface area contributed by atoms with Crippen molar-refractivity contribution in [3.05, 3.63) is 28.8 Å². The summed E-state index contributed by atoms with van der Waals surface area (Å²) in [7, 11) is -0.757. The average Bonchev–Trinajstić information content (AvgIpc) is 3.12. The molecule has 0 radical (unpaired) electrons. The van der Waals surface area contributed by atoms with Crippen LogP contribution in [-0.2, 0) is 10.0 Å². The summed E-state index contributed by atoms with van der Waals surface area (Å²) in [6, 6.07) is 4.42. The van der Waals surface area contributed by atoms with Crippen LogP contribution in [0.2, 0.25) is 5.02 Å². The Morgan fingerprint density at radius 3 is 2.44 bits per heavy atom. The van der Waals surface area contributed by atoms with Crippen LogP contribution in [0.4, 0.5) is 0 Å². The van der Waals surface area contributed by atoms with E-state index in [9.17, 15) is 13.2 Å². The molecule has 0 aliphatic heterocycles. The molecule has 2 rings (SSSR count). The van der Waals surface area contributed by atoms with E-state index >= 15 is 0 Å². The third-order valence-corrected chi connectivity index (χ3v) is 5.22. The maximum atomic E-state index is 12.0. The van der Waals surface area contributed by atoms with Crippen molar-refractivity contribution in [2.24, 2.45) is 5.92 Å². The van der Waals surface area contributed by atoms with Gasteiger partial charge >= 0.3 is 0 Å². The second-order valence-electron chi connectivity index (χ2n) is 4.57. The smallest absolute Gasteiger partial charge is 0.244 e. The molecule has 0 amide bonds. The first-order valence-electron chi connectivity index (χ1n) is 5.60. The molecule has 4 nitrogen and oxygen atoms in total. The predicted octanol–water partition coefficient (Wildman–Crippen LogP) is 2.18. The van der Waals surface area contributed by atoms with Crippen molar-refractivity contribution in [2.75, 3.05) is 14.1 Å². The number of ketones is 1. The highest BCUT2D eigenvalue weighted by atomic mass is 35.5. The van der Waals surface area contributed by atoms with Gasteiger partial charge in [-0.2, -0.15) is 0 Å². The molecule has 98 valence electrons. The predicted molar refractivity (Wildman–Crippen MR) is 69.4 cm³/mol. The molecule has 1 aliphatic carbocycles. The van der Waals surface area contributed by atoms with Gasteiger partial charge in [0.15, 0.2) is 5.78 Å². The summed E-state index contributed by atoms with van der Waals surface area (Å²) >= 11 is 5.91. The highest BCUT2D eigenvalue weighted by Crippen LogP contribution is 2.34. The molecule has 1 aromatic carbocycles. The number of halogens is 1. The lowest BCUT2D eigenvalue weighted by molar-refractivity contribution is 0.0967. The topological polar surface area (TPSA) is 54.5 Å². The van der Waals surface area contributed by atoms with Crippen LogP contribution in [0.1, 0.15) is 23.2 Å². The maximum absolute atomic E-state index is 12.0. The highest BCUT2D eigenvalue weighted by molar-refractivity contribution is 7.89. The van der Waals surface area contributed by atoms with Crippen LogP contribution in [0, 0.1) is 5.92 Å². The number of hydrogen-bond donors (Lipinski definition) is 0. The van der Waals surface area contributed by atoms with Crippen LogP contribution in [0.25, 0.3) is 0 Å². The first-order valence-corrected chi connectivity index (χ1v) is 7.42. The second kappa shape index (κ2) is 4.64. The Hall–Kier alpha value is -0.910. The van der Waals surface area contributed by atoms with Gasteiger partial charge in [0.1, 0.15) is 4.90 Å². The van der Waals surface area contributed by atoms with E-state index in [1.807, 2.05) is 0 Å². The van der Waals surface area contributed by atoms with Crippen LogP contribution >= 0.6 is 11.6 Å². The van der Waals surface area contributed by atoms with E-state index in [4.69, 9.17) is 11.6 Å². The molecular weight excluding hydrogens is 274 g/mol. The summed E-state index contributed by atoms with van der Waals surface area (Å²) in [5.41, 5.74) is 0.419. The lowest BCUT2D eigenvalue weighted by Gasteiger charge is -2.13. The second-order valence-corrected chi connectivity index (χ2v) is 7.10. The van der Waals surface area contributed by atoms with Gasteiger partial charge in [-0.05, 0) is 31.0 Å². The molecule has 0 atom stereocenters. The molecule has 0 N–H and O–H groups in total. The normalized spacial score (nSPS) is 16.0. The van der Waals surface area contributed by atoms with E-state index in [0.717, 1.165) is 17.1 Å². The van der Waals surface area contributed by atoms with Crippen LogP contribution in [-0.4, -0.2) is 32.6 Å². The van der Waals surface area contributed by atoms with Gasteiger partial charge in [-0.25, -0.2) is 12.7 Å². The van der Waals surface area contributed by atoms with Gasteiger partial charge in [0.25, 0.3) is 0 Å². The highest BCUT2D eigenvalue weighted by Gasteiger charge is 2.31. The van der Waals surface area contributed by atoms with E-state index in [2.05, 4.69) is 0 Å². The van der Waals surface area contributed by atoms with E-state index in [1.165, 1.54) is 26.2 Å². The van der Waals surface area contributed by atoms with Crippen molar-refractivity contribution in [3.8, 4) is 0 Å². The van der Waals surface area contributed by atoms with Gasteiger partial charge in [0.2, 0.25) is 10.0 Å². The molecule has 0 spiro atoms. The zero-order chi connectivity index (χ0) is 13.5. The number of carbonyl (C=O) groups excluding carboxylic acids is 1. The lowest BCUT2D eigenvalue weighted by Crippen LogP contribution is -2.23. The van der Waals surface area contributed by atoms with E-state index in [1.54, 1.807) is 6.07 Å². The molecule has 0 heterocycles. The van der Waals surface area contributed by atoms with Crippen molar-refractivity contribution < 1.29 is 13.2 Å². The number of rotatable bonds is 4. The van der Waals surface area contributed by atoms with Crippen LogP contribution in [0.3, 0.4) is 0 Å². The monoisotopic (exact) mass is 287 g/mol. The number of carbonyl (C=O) groups is 1. The minimum absolute atomic E-state index is 0.00173. The molecule has 0 unspecified atom stereocenters. The van der Waals surface area contributed by atoms with Gasteiger partial charge in [0.05, 0.1) is 5.02 Å². The Balaban J connectivity index is 2.47. The third kappa shape index (κ3) is 2.43. The number of Topliss-reactive ketones (excluding diaryl/α,β-unsaturated/α-hetero) is 1. The van der Waals surface area contributed by atoms with E-state index in [0.29, 0.717) is 5.56 Å². The minimum Gasteiger partial charge on any atom is -0.294 e. The Bertz CT molecular complexity index is 591. The maximum Gasteiger partial charge on any atom is 0.244 e. The summed E-state index contributed by atoms with van der Waals surface area (Å²) in [5, 5.41) is 0.135. The molecule has 0 bridgehead atoms. The summed E-state index contributed by atoms with van der Waals surface area (Å²) in [6.07, 6.45) is 1.77. The van der Waals surface area contributed by atoms with Crippen molar-refractivity contribution in [2.45, 2.75) is 17.7 Å². The zero-order valence-corrected chi connectivity index (χ0v) is 11.8. The Morgan fingerprint density at radius 2 is 1.94 bits per heavy atom. The summed E-state index contributed by atoms with van der Waals surface area (Å²) in [5.74, 6) is 0.0583. The number of benzene rings is 1. The average molecular weight is 288 g/mol. The molecule has 0 saturated heterocycles. The summed E-state index contributed by atoms with van der Waals surface area (Å²) < 4.78 is 25.2. The van der Waals surface area contributed by atoms with Crippen LogP contribution in [0.15, 0.2) is 23.1 Å². The minimum atomic E-state index is -3.62. The quantitative estimate of drug-likeness (QED) is 0.798. The standard InChI is InChI=1S/C12H14ClNO3S/c1-14(2)18(16,17)11-7-9(5-6-10(11)13)12(15)8-3-4-8/h5-8H,3-4H2,1-2H3. The fraction of sp³-hybridized carbons (Fsp3) is 0.417. The van der Waals surface area contributed by atoms with Crippen molar-refractivity contribution in [1.82, 2.24) is 4.31 Å². The van der Waals surface area contributed by atoms with Gasteiger partial charge in [-0.15, -0.1) is 0 Å².